The summed E-state index contributed by atoms with van der Waals surface area (Å²) in [6, 6.07) is -0.499. The lowest BCUT2D eigenvalue weighted by Crippen LogP contribution is -2.61. The second-order valence-electron chi connectivity index (χ2n) is 9.68. The van der Waals surface area contributed by atoms with E-state index in [-0.39, 0.29) is 24.5 Å². The topological polar surface area (TPSA) is 101 Å². The Labute approximate surface area is 187 Å². The Hall–Kier alpha value is -2.39. The maximum Gasteiger partial charge on any atom is 0.410 e. The number of ether oxygens (including phenoxy) is 2. The minimum atomic E-state index is -1.61. The van der Waals surface area contributed by atoms with Crippen molar-refractivity contribution >= 4 is 18.2 Å². The summed E-state index contributed by atoms with van der Waals surface area (Å²) in [6.07, 6.45) is 7.86. The zero-order valence-electron chi connectivity index (χ0n) is 18.9. The number of carboxylic acid groups (broad SMARTS) is 1. The van der Waals surface area contributed by atoms with Gasteiger partial charge in [0.25, 0.3) is 5.91 Å². The van der Waals surface area contributed by atoms with E-state index in [1.807, 2.05) is 12.4 Å². The highest BCUT2D eigenvalue weighted by molar-refractivity contribution is 5.89. The summed E-state index contributed by atoms with van der Waals surface area (Å²) >= 11 is 0. The van der Waals surface area contributed by atoms with E-state index in [4.69, 9.17) is 14.3 Å². The standard InChI is InChI=1S/C23H31N3O6/c1-14-4-5-18-22(12-14)6-8-24-13-15-10-16(11-17(32-18)19(15)22)26(21(28)29)23(30-2)7-9-25(31-3)20(23)27/h8,13-14,16,18H,4-7,9-12H2,1-3H3,(H,28,29)/t14?,16-,18-,22?,23+/m1/s1. The largest absolute Gasteiger partial charge is 0.493 e. The monoisotopic (exact) mass is 445 g/mol. The van der Waals surface area contributed by atoms with E-state index in [0.29, 0.717) is 18.8 Å². The third-order valence-electron chi connectivity index (χ3n) is 8.03. The van der Waals surface area contributed by atoms with E-state index in [2.05, 4.69) is 11.9 Å². The number of aliphatic imine (C=N–C) groups is 1. The summed E-state index contributed by atoms with van der Waals surface area (Å²) in [6.45, 7) is 2.56. The van der Waals surface area contributed by atoms with Crippen LogP contribution in [0, 0.1) is 11.3 Å². The molecular formula is C23H31N3O6. The molecule has 174 valence electrons. The predicted octanol–water partition coefficient (Wildman–Crippen LogP) is 3.08. The van der Waals surface area contributed by atoms with Crippen LogP contribution < -0.4 is 0 Å². The molecule has 32 heavy (non-hydrogen) atoms. The maximum atomic E-state index is 13.1. The number of nitrogens with zero attached hydrogens (tertiary/aromatic N) is 3. The highest BCUT2D eigenvalue weighted by atomic mass is 16.7. The van der Waals surface area contributed by atoms with Crippen molar-refractivity contribution in [2.45, 2.75) is 69.7 Å². The van der Waals surface area contributed by atoms with Crippen LogP contribution in [0.4, 0.5) is 4.79 Å². The molecule has 1 saturated heterocycles. The first kappa shape index (κ1) is 21.5. The average molecular weight is 446 g/mol. The minimum absolute atomic E-state index is 0.0766. The fourth-order valence-electron chi connectivity index (χ4n) is 6.72. The number of hydrogen-bond donors (Lipinski definition) is 1. The van der Waals surface area contributed by atoms with Crippen LogP contribution in [0.2, 0.25) is 0 Å². The first-order valence-electron chi connectivity index (χ1n) is 11.4. The summed E-state index contributed by atoms with van der Waals surface area (Å²) in [5, 5.41) is 11.4. The van der Waals surface area contributed by atoms with E-state index < -0.39 is 23.8 Å². The Bertz CT molecular complexity index is 929. The van der Waals surface area contributed by atoms with Crippen LogP contribution in [0.3, 0.4) is 0 Å². The Morgan fingerprint density at radius 2 is 2.16 bits per heavy atom. The van der Waals surface area contributed by atoms with E-state index in [9.17, 15) is 14.7 Å². The van der Waals surface area contributed by atoms with Crippen LogP contribution in [0.15, 0.2) is 28.1 Å². The fourth-order valence-corrected chi connectivity index (χ4v) is 6.72. The molecule has 0 radical (unpaired) electrons. The van der Waals surface area contributed by atoms with Gasteiger partial charge in [-0.05, 0) is 43.6 Å². The molecule has 1 saturated carbocycles. The van der Waals surface area contributed by atoms with Crippen molar-refractivity contribution < 1.29 is 29.0 Å². The van der Waals surface area contributed by atoms with E-state index in [1.165, 1.54) is 29.8 Å². The van der Waals surface area contributed by atoms with Crippen molar-refractivity contribution in [1.82, 2.24) is 9.96 Å². The molecule has 5 rings (SSSR count). The normalized spacial score (nSPS) is 38.1. The van der Waals surface area contributed by atoms with Crippen molar-refractivity contribution in [2.24, 2.45) is 16.3 Å². The molecule has 5 aliphatic rings. The Morgan fingerprint density at radius 1 is 1.34 bits per heavy atom. The minimum Gasteiger partial charge on any atom is -0.493 e. The summed E-state index contributed by atoms with van der Waals surface area (Å²) in [5.74, 6) is 0.975. The number of hydroxylamine groups is 2. The molecule has 2 aliphatic carbocycles. The van der Waals surface area contributed by atoms with Crippen molar-refractivity contribution in [3.8, 4) is 0 Å². The summed E-state index contributed by atoms with van der Waals surface area (Å²) in [5.41, 5.74) is 0.563. The van der Waals surface area contributed by atoms with Crippen LogP contribution in [0.25, 0.3) is 0 Å². The van der Waals surface area contributed by atoms with Crippen LogP contribution in [-0.2, 0) is 19.1 Å². The van der Waals surface area contributed by atoms with Gasteiger partial charge in [-0.2, -0.15) is 0 Å². The molecule has 0 bridgehead atoms. The molecule has 1 N–H and O–H groups in total. The lowest BCUT2D eigenvalue weighted by atomic mass is 9.61. The quantitative estimate of drug-likeness (QED) is 0.668. The molecule has 3 heterocycles. The van der Waals surface area contributed by atoms with Gasteiger partial charge in [-0.15, -0.1) is 0 Å². The summed E-state index contributed by atoms with van der Waals surface area (Å²) in [4.78, 5) is 36.5. The van der Waals surface area contributed by atoms with Gasteiger partial charge in [-0.1, -0.05) is 6.92 Å². The molecule has 9 heteroatoms. The highest BCUT2D eigenvalue weighted by Gasteiger charge is 2.60. The van der Waals surface area contributed by atoms with E-state index >= 15 is 0 Å². The SMILES string of the molecule is CON1CC[C@@](OC)(N(C(=O)O)[C@@H]2CC3=CN=CCC45CC(C)CC[C@H]4OC(=C35)C2)C1=O. The molecule has 5 atom stereocenters. The second kappa shape index (κ2) is 7.59. The van der Waals surface area contributed by atoms with Crippen molar-refractivity contribution in [3.63, 3.8) is 0 Å². The maximum absolute atomic E-state index is 13.1. The van der Waals surface area contributed by atoms with Crippen molar-refractivity contribution in [3.05, 3.63) is 23.1 Å². The third kappa shape index (κ3) is 2.86. The Balaban J connectivity index is 1.54. The zero-order chi connectivity index (χ0) is 22.7. The van der Waals surface area contributed by atoms with Crippen molar-refractivity contribution in [2.75, 3.05) is 20.8 Å². The zero-order valence-corrected chi connectivity index (χ0v) is 18.9. The molecule has 2 unspecified atom stereocenters. The molecule has 1 spiro atoms. The molecule has 0 aromatic rings. The van der Waals surface area contributed by atoms with Crippen LogP contribution in [0.1, 0.15) is 51.9 Å². The number of carbonyl (C=O) groups is 2. The number of rotatable bonds is 4. The fraction of sp³-hybridized carbons (Fsp3) is 0.696. The van der Waals surface area contributed by atoms with Crippen LogP contribution >= 0.6 is 0 Å². The first-order chi connectivity index (χ1) is 15.4. The third-order valence-corrected chi connectivity index (χ3v) is 8.03. The van der Waals surface area contributed by atoms with E-state index in [1.54, 1.807) is 0 Å². The summed E-state index contributed by atoms with van der Waals surface area (Å²) in [7, 11) is 2.78. The van der Waals surface area contributed by atoms with Gasteiger partial charge < -0.3 is 14.6 Å². The average Bonchev–Trinajstić information content (AvgIpc) is 3.18. The molecule has 9 nitrogen and oxygen atoms in total. The molecular weight excluding hydrogens is 414 g/mol. The molecule has 3 aliphatic heterocycles. The van der Waals surface area contributed by atoms with Crippen LogP contribution in [-0.4, -0.2) is 71.9 Å². The first-order valence-corrected chi connectivity index (χ1v) is 11.4. The van der Waals surface area contributed by atoms with Gasteiger partial charge in [0.1, 0.15) is 11.9 Å². The highest BCUT2D eigenvalue weighted by Crippen LogP contribution is 2.60. The number of amides is 2. The van der Waals surface area contributed by atoms with Crippen LogP contribution in [0.5, 0.6) is 0 Å². The van der Waals surface area contributed by atoms with Gasteiger partial charge in [0, 0.05) is 49.4 Å². The van der Waals surface area contributed by atoms with Gasteiger partial charge in [-0.25, -0.2) is 9.86 Å². The molecule has 0 aromatic carbocycles. The van der Waals surface area contributed by atoms with Gasteiger partial charge in [0.05, 0.1) is 13.7 Å². The van der Waals surface area contributed by atoms with Crippen molar-refractivity contribution in [1.29, 1.82) is 0 Å². The number of hydrogen-bond acceptors (Lipinski definition) is 6. The van der Waals surface area contributed by atoms with Gasteiger partial charge in [-0.3, -0.25) is 19.5 Å². The summed E-state index contributed by atoms with van der Waals surface area (Å²) < 4.78 is 12.2. The Kier molecular flexibility index (Phi) is 5.09. The smallest absolute Gasteiger partial charge is 0.410 e. The number of carbonyl (C=O) groups excluding carboxylic acids is 1. The lowest BCUT2D eigenvalue weighted by Gasteiger charge is -2.44. The number of methoxy groups -OCH3 is 1. The van der Waals surface area contributed by atoms with Gasteiger partial charge in [0.15, 0.2) is 0 Å². The Morgan fingerprint density at radius 3 is 2.84 bits per heavy atom. The predicted molar refractivity (Wildman–Crippen MR) is 115 cm³/mol. The molecule has 0 aromatic heterocycles. The second-order valence-corrected chi connectivity index (χ2v) is 9.68. The lowest BCUT2D eigenvalue weighted by molar-refractivity contribution is -0.195. The molecule has 2 fully saturated rings. The van der Waals surface area contributed by atoms with Gasteiger partial charge >= 0.3 is 6.09 Å². The molecule has 2 amide bonds. The van der Waals surface area contributed by atoms with Gasteiger partial charge in [0.2, 0.25) is 5.72 Å². The van der Waals surface area contributed by atoms with E-state index in [0.717, 1.165) is 37.0 Å².